The van der Waals surface area contributed by atoms with Gasteiger partial charge in [0.25, 0.3) is 0 Å². The van der Waals surface area contributed by atoms with Crippen molar-refractivity contribution in [2.24, 2.45) is 10.9 Å². The third-order valence-electron chi connectivity index (χ3n) is 3.22. The highest BCUT2D eigenvalue weighted by Crippen LogP contribution is 2.15. The Bertz CT molecular complexity index is 434. The van der Waals surface area contributed by atoms with Crippen molar-refractivity contribution in [3.63, 3.8) is 0 Å². The zero-order chi connectivity index (χ0) is 13.7. The Kier molecular flexibility index (Phi) is 5.09. The molecule has 0 aliphatic rings. The van der Waals surface area contributed by atoms with Crippen LogP contribution in [0.15, 0.2) is 23.4 Å². The third-order valence-corrected chi connectivity index (χ3v) is 3.22. The minimum atomic E-state index is -0.397. The molecule has 1 aromatic rings. The van der Waals surface area contributed by atoms with Crippen molar-refractivity contribution >= 4 is 5.84 Å². The van der Waals surface area contributed by atoms with Crippen LogP contribution in [0.3, 0.4) is 0 Å². The molecule has 0 fully saturated rings. The Morgan fingerprint density at radius 1 is 1.56 bits per heavy atom. The summed E-state index contributed by atoms with van der Waals surface area (Å²) in [5.41, 5.74) is 6.84. The van der Waals surface area contributed by atoms with Gasteiger partial charge in [-0.25, -0.2) is 4.39 Å². The van der Waals surface area contributed by atoms with Gasteiger partial charge in [-0.3, -0.25) is 4.90 Å². The van der Waals surface area contributed by atoms with E-state index < -0.39 is 5.82 Å². The smallest absolute Gasteiger partial charge is 0.170 e. The number of nitrogens with zero attached hydrogens (tertiary/aromatic N) is 2. The predicted molar refractivity (Wildman–Crippen MR) is 70.1 cm³/mol. The third kappa shape index (κ3) is 3.43. The van der Waals surface area contributed by atoms with Gasteiger partial charge in [-0.15, -0.1) is 0 Å². The van der Waals surface area contributed by atoms with Crippen molar-refractivity contribution in [2.75, 3.05) is 7.05 Å². The molecule has 0 amide bonds. The molecule has 0 spiro atoms. The van der Waals surface area contributed by atoms with Gasteiger partial charge in [-0.05, 0) is 38.1 Å². The molecule has 1 atom stereocenters. The number of hydrogen-bond acceptors (Lipinski definition) is 3. The molecule has 3 N–H and O–H groups in total. The van der Waals surface area contributed by atoms with Gasteiger partial charge >= 0.3 is 0 Å². The van der Waals surface area contributed by atoms with E-state index in [9.17, 15) is 4.39 Å². The second-order valence-electron chi connectivity index (χ2n) is 4.46. The molecule has 1 aromatic carbocycles. The SMILES string of the molecule is CCC(C)N(C)Cc1ccc(F)cc1C(N)=NO. The molecular weight excluding hydrogens is 233 g/mol. The molecule has 0 aromatic heterocycles. The first-order valence-electron chi connectivity index (χ1n) is 5.96. The highest BCUT2D eigenvalue weighted by molar-refractivity contribution is 5.98. The van der Waals surface area contributed by atoms with E-state index >= 15 is 0 Å². The van der Waals surface area contributed by atoms with Crippen LogP contribution in [0, 0.1) is 5.82 Å². The first-order chi connectivity index (χ1) is 8.49. The summed E-state index contributed by atoms with van der Waals surface area (Å²) in [6.07, 6.45) is 1.02. The molecule has 5 heteroatoms. The number of amidine groups is 1. The molecule has 0 heterocycles. The Morgan fingerprint density at radius 2 is 2.22 bits per heavy atom. The molecule has 0 saturated carbocycles. The number of oxime groups is 1. The summed E-state index contributed by atoms with van der Waals surface area (Å²) in [4.78, 5) is 2.14. The first-order valence-corrected chi connectivity index (χ1v) is 5.96. The molecular formula is C13H20FN3O. The highest BCUT2D eigenvalue weighted by Gasteiger charge is 2.13. The number of rotatable bonds is 5. The summed E-state index contributed by atoms with van der Waals surface area (Å²) < 4.78 is 13.2. The number of nitrogens with two attached hydrogens (primary N) is 1. The Hall–Kier alpha value is -1.62. The van der Waals surface area contributed by atoms with Crippen molar-refractivity contribution in [2.45, 2.75) is 32.9 Å². The molecule has 18 heavy (non-hydrogen) atoms. The summed E-state index contributed by atoms with van der Waals surface area (Å²) in [5, 5.41) is 11.7. The minimum Gasteiger partial charge on any atom is -0.409 e. The van der Waals surface area contributed by atoms with E-state index in [1.165, 1.54) is 12.1 Å². The van der Waals surface area contributed by atoms with Gasteiger partial charge in [-0.2, -0.15) is 0 Å². The van der Waals surface area contributed by atoms with Crippen LogP contribution in [-0.2, 0) is 6.54 Å². The predicted octanol–water partition coefficient (Wildman–Crippen LogP) is 2.15. The normalized spacial score (nSPS) is 13.9. The van der Waals surface area contributed by atoms with Gasteiger partial charge in [0.2, 0.25) is 0 Å². The largest absolute Gasteiger partial charge is 0.409 e. The van der Waals surface area contributed by atoms with Gasteiger partial charge < -0.3 is 10.9 Å². The molecule has 1 unspecified atom stereocenters. The van der Waals surface area contributed by atoms with E-state index in [1.807, 2.05) is 7.05 Å². The number of halogens is 1. The van der Waals surface area contributed by atoms with Crippen LogP contribution in [0.25, 0.3) is 0 Å². The van der Waals surface area contributed by atoms with Crippen LogP contribution in [-0.4, -0.2) is 29.0 Å². The molecule has 100 valence electrons. The maximum Gasteiger partial charge on any atom is 0.170 e. The van der Waals surface area contributed by atoms with Crippen molar-refractivity contribution < 1.29 is 9.60 Å². The Labute approximate surface area is 107 Å². The van der Waals surface area contributed by atoms with Crippen molar-refractivity contribution in [1.82, 2.24) is 4.90 Å². The quantitative estimate of drug-likeness (QED) is 0.366. The van der Waals surface area contributed by atoms with E-state index in [2.05, 4.69) is 23.9 Å². The Morgan fingerprint density at radius 3 is 2.78 bits per heavy atom. The van der Waals surface area contributed by atoms with Crippen LogP contribution in [0.5, 0.6) is 0 Å². The first kappa shape index (κ1) is 14.4. The molecule has 0 radical (unpaired) electrons. The summed E-state index contributed by atoms with van der Waals surface area (Å²) in [6, 6.07) is 4.75. The molecule has 0 bridgehead atoms. The molecule has 1 rings (SSSR count). The molecule has 0 aliphatic heterocycles. The van der Waals surface area contributed by atoms with Crippen LogP contribution in [0.2, 0.25) is 0 Å². The lowest BCUT2D eigenvalue weighted by Gasteiger charge is -2.24. The molecule has 0 saturated heterocycles. The monoisotopic (exact) mass is 253 g/mol. The maximum atomic E-state index is 13.2. The second-order valence-corrected chi connectivity index (χ2v) is 4.46. The second kappa shape index (κ2) is 6.35. The maximum absolute atomic E-state index is 13.2. The average Bonchev–Trinajstić information content (AvgIpc) is 2.38. The molecule has 4 nitrogen and oxygen atoms in total. The average molecular weight is 253 g/mol. The van der Waals surface area contributed by atoms with Crippen molar-refractivity contribution in [3.8, 4) is 0 Å². The lowest BCUT2D eigenvalue weighted by molar-refractivity contribution is 0.243. The van der Waals surface area contributed by atoms with Gasteiger partial charge in [0.15, 0.2) is 5.84 Å². The van der Waals surface area contributed by atoms with Gasteiger partial charge in [0.1, 0.15) is 5.82 Å². The van der Waals surface area contributed by atoms with Crippen LogP contribution in [0.1, 0.15) is 31.4 Å². The van der Waals surface area contributed by atoms with Crippen molar-refractivity contribution in [3.05, 3.63) is 35.1 Å². The summed E-state index contributed by atoms with van der Waals surface area (Å²) in [5.74, 6) is -0.464. The summed E-state index contributed by atoms with van der Waals surface area (Å²) in [6.45, 7) is 4.85. The van der Waals surface area contributed by atoms with E-state index in [0.717, 1.165) is 12.0 Å². The topological polar surface area (TPSA) is 61.8 Å². The zero-order valence-electron chi connectivity index (χ0n) is 11.0. The number of benzene rings is 1. The fourth-order valence-corrected chi connectivity index (χ4v) is 1.72. The number of hydrogen-bond donors (Lipinski definition) is 2. The standard InChI is InChI=1S/C13H20FN3O/c1-4-9(2)17(3)8-10-5-6-11(14)7-12(10)13(15)16-18/h5-7,9,18H,4,8H2,1-3H3,(H2,15,16). The summed E-state index contributed by atoms with van der Waals surface area (Å²) in [7, 11) is 1.99. The van der Waals surface area contributed by atoms with Crippen molar-refractivity contribution in [1.29, 1.82) is 0 Å². The fourth-order valence-electron chi connectivity index (χ4n) is 1.72. The van der Waals surface area contributed by atoms with Gasteiger partial charge in [0.05, 0.1) is 0 Å². The lowest BCUT2D eigenvalue weighted by atomic mass is 10.1. The zero-order valence-corrected chi connectivity index (χ0v) is 11.0. The highest BCUT2D eigenvalue weighted by atomic mass is 19.1. The fraction of sp³-hybridized carbons (Fsp3) is 0.462. The van der Waals surface area contributed by atoms with E-state index in [4.69, 9.17) is 10.9 Å². The lowest BCUT2D eigenvalue weighted by Crippen LogP contribution is -2.29. The van der Waals surface area contributed by atoms with E-state index in [1.54, 1.807) is 6.07 Å². The van der Waals surface area contributed by atoms with Crippen LogP contribution < -0.4 is 5.73 Å². The van der Waals surface area contributed by atoms with Gasteiger partial charge in [0, 0.05) is 18.2 Å². The molecule has 0 aliphatic carbocycles. The Balaban J connectivity index is 3.02. The van der Waals surface area contributed by atoms with Crippen LogP contribution >= 0.6 is 0 Å². The van der Waals surface area contributed by atoms with E-state index in [-0.39, 0.29) is 5.84 Å². The minimum absolute atomic E-state index is 0.0675. The van der Waals surface area contributed by atoms with E-state index in [0.29, 0.717) is 18.2 Å². The van der Waals surface area contributed by atoms with Crippen LogP contribution in [0.4, 0.5) is 4.39 Å². The summed E-state index contributed by atoms with van der Waals surface area (Å²) >= 11 is 0. The van der Waals surface area contributed by atoms with Gasteiger partial charge in [-0.1, -0.05) is 18.1 Å².